The van der Waals surface area contributed by atoms with Crippen LogP contribution in [-0.4, -0.2) is 39.7 Å². The molecule has 25 heavy (non-hydrogen) atoms. The summed E-state index contributed by atoms with van der Waals surface area (Å²) >= 11 is 3.26. The van der Waals surface area contributed by atoms with Gasteiger partial charge in [-0.15, -0.1) is 0 Å². The third-order valence-electron chi connectivity index (χ3n) is 4.15. The molecule has 3 rings (SSSR count). The Morgan fingerprint density at radius 2 is 2.00 bits per heavy atom. The molecule has 0 unspecified atom stereocenters. The van der Waals surface area contributed by atoms with Crippen molar-refractivity contribution in [1.82, 2.24) is 14.9 Å². The molecule has 0 aliphatic carbocycles. The average molecular weight is 410 g/mol. The number of hydrogen-bond donors (Lipinski definition) is 0. The van der Waals surface area contributed by atoms with Crippen LogP contribution >= 0.6 is 15.9 Å². The zero-order valence-corrected chi connectivity index (χ0v) is 16.1. The van der Waals surface area contributed by atoms with E-state index in [-0.39, 0.29) is 23.3 Å². The number of carbonyl (C=O) groups excluding carboxylic acids is 1. The van der Waals surface area contributed by atoms with Crippen LogP contribution in [0.4, 0.5) is 9.18 Å². The van der Waals surface area contributed by atoms with Crippen LogP contribution in [0.5, 0.6) is 0 Å². The molecular weight excluding hydrogens is 389 g/mol. The number of carbonyl (C=O) groups is 1. The van der Waals surface area contributed by atoms with E-state index in [9.17, 15) is 9.18 Å². The highest BCUT2D eigenvalue weighted by Crippen LogP contribution is 2.29. The summed E-state index contributed by atoms with van der Waals surface area (Å²) in [6.45, 7) is 6.77. The van der Waals surface area contributed by atoms with Gasteiger partial charge in [-0.1, -0.05) is 15.9 Å². The normalized spacial score (nSPS) is 16.3. The summed E-state index contributed by atoms with van der Waals surface area (Å²) in [4.78, 5) is 22.7. The first-order valence-electron chi connectivity index (χ1n) is 8.32. The molecule has 1 amide bonds. The number of hydrogen-bond acceptors (Lipinski definition) is 4. The Labute approximate surface area is 154 Å². The molecule has 0 saturated carbocycles. The van der Waals surface area contributed by atoms with E-state index in [1.54, 1.807) is 17.2 Å². The molecule has 1 aromatic carbocycles. The van der Waals surface area contributed by atoms with Gasteiger partial charge in [0.05, 0.1) is 11.2 Å². The summed E-state index contributed by atoms with van der Waals surface area (Å²) in [6, 6.07) is 3.15. The highest BCUT2D eigenvalue weighted by Gasteiger charge is 2.28. The summed E-state index contributed by atoms with van der Waals surface area (Å²) in [5.41, 5.74) is 1.10. The van der Waals surface area contributed by atoms with Gasteiger partial charge in [0, 0.05) is 29.7 Å². The number of amides is 1. The van der Waals surface area contributed by atoms with E-state index >= 15 is 0 Å². The Morgan fingerprint density at radius 3 is 2.64 bits per heavy atom. The standard InChI is InChI=1S/C18H21BrFN3O2/c1-18(2,3)25-17(24)23-6-4-11(5-7-23)15-10-21-14-9-12(19)8-13(20)16(14)22-15/h8-11H,4-7H2,1-3H3. The van der Waals surface area contributed by atoms with Gasteiger partial charge in [-0.25, -0.2) is 14.2 Å². The number of halogens is 2. The molecule has 5 nitrogen and oxygen atoms in total. The van der Waals surface area contributed by atoms with E-state index in [1.165, 1.54) is 6.07 Å². The highest BCUT2D eigenvalue weighted by molar-refractivity contribution is 9.10. The molecule has 0 radical (unpaired) electrons. The lowest BCUT2D eigenvalue weighted by Gasteiger charge is -2.33. The maximum atomic E-state index is 14.1. The predicted molar refractivity (Wildman–Crippen MR) is 97.0 cm³/mol. The van der Waals surface area contributed by atoms with Gasteiger partial charge < -0.3 is 9.64 Å². The van der Waals surface area contributed by atoms with Crippen molar-refractivity contribution in [3.8, 4) is 0 Å². The van der Waals surface area contributed by atoms with Crippen molar-refractivity contribution in [2.45, 2.75) is 45.1 Å². The maximum Gasteiger partial charge on any atom is 0.410 e. The van der Waals surface area contributed by atoms with Crippen LogP contribution in [-0.2, 0) is 4.74 Å². The van der Waals surface area contributed by atoms with Gasteiger partial charge in [-0.2, -0.15) is 0 Å². The van der Waals surface area contributed by atoms with E-state index < -0.39 is 5.60 Å². The Balaban J connectivity index is 1.71. The van der Waals surface area contributed by atoms with Crippen LogP contribution < -0.4 is 0 Å². The van der Waals surface area contributed by atoms with Crippen molar-refractivity contribution in [1.29, 1.82) is 0 Å². The smallest absolute Gasteiger partial charge is 0.410 e. The first-order valence-corrected chi connectivity index (χ1v) is 9.12. The lowest BCUT2D eigenvalue weighted by Crippen LogP contribution is -2.41. The van der Waals surface area contributed by atoms with Crippen molar-refractivity contribution in [2.24, 2.45) is 0 Å². The third kappa shape index (κ3) is 4.26. The van der Waals surface area contributed by atoms with Crippen molar-refractivity contribution in [3.63, 3.8) is 0 Å². The molecule has 134 valence electrons. The van der Waals surface area contributed by atoms with Gasteiger partial charge in [-0.05, 0) is 45.7 Å². The average Bonchev–Trinajstić information content (AvgIpc) is 2.53. The fourth-order valence-electron chi connectivity index (χ4n) is 2.94. The first-order chi connectivity index (χ1) is 11.7. The van der Waals surface area contributed by atoms with Gasteiger partial charge in [0.2, 0.25) is 0 Å². The van der Waals surface area contributed by atoms with E-state index in [0.717, 1.165) is 18.5 Å². The van der Waals surface area contributed by atoms with Crippen LogP contribution in [0, 0.1) is 5.82 Å². The minimum absolute atomic E-state index is 0.165. The molecule has 1 aliphatic heterocycles. The molecule has 1 aliphatic rings. The molecule has 1 aromatic heterocycles. The fourth-order valence-corrected chi connectivity index (χ4v) is 3.35. The highest BCUT2D eigenvalue weighted by atomic mass is 79.9. The number of ether oxygens (including phenoxy) is 1. The molecule has 0 spiro atoms. The van der Waals surface area contributed by atoms with E-state index in [2.05, 4.69) is 25.9 Å². The zero-order chi connectivity index (χ0) is 18.2. The summed E-state index contributed by atoms with van der Waals surface area (Å²) in [5.74, 6) is -0.219. The molecule has 0 N–H and O–H groups in total. The minimum Gasteiger partial charge on any atom is -0.444 e. The van der Waals surface area contributed by atoms with Gasteiger partial charge in [0.1, 0.15) is 11.1 Å². The van der Waals surface area contributed by atoms with Crippen LogP contribution in [0.3, 0.4) is 0 Å². The maximum absolute atomic E-state index is 14.1. The number of likely N-dealkylation sites (tertiary alicyclic amines) is 1. The van der Waals surface area contributed by atoms with Crippen molar-refractivity contribution in [3.05, 3.63) is 34.3 Å². The number of fused-ring (bicyclic) bond motifs is 1. The second kappa shape index (κ2) is 6.86. The van der Waals surface area contributed by atoms with Crippen LogP contribution in [0.1, 0.15) is 45.2 Å². The van der Waals surface area contributed by atoms with Gasteiger partial charge in [0.25, 0.3) is 0 Å². The number of benzene rings is 1. The van der Waals surface area contributed by atoms with Crippen molar-refractivity contribution in [2.75, 3.05) is 13.1 Å². The Hall–Kier alpha value is -1.76. The summed E-state index contributed by atoms with van der Waals surface area (Å²) < 4.78 is 20.2. The van der Waals surface area contributed by atoms with E-state index in [0.29, 0.717) is 23.1 Å². The molecule has 0 bridgehead atoms. The number of rotatable bonds is 1. The Kier molecular flexibility index (Phi) is 4.95. The molecule has 2 heterocycles. The topological polar surface area (TPSA) is 55.3 Å². The molecule has 7 heteroatoms. The zero-order valence-electron chi connectivity index (χ0n) is 14.6. The third-order valence-corrected chi connectivity index (χ3v) is 4.61. The van der Waals surface area contributed by atoms with Gasteiger partial charge >= 0.3 is 6.09 Å². The largest absolute Gasteiger partial charge is 0.444 e. The quantitative estimate of drug-likeness (QED) is 0.687. The summed E-state index contributed by atoms with van der Waals surface area (Å²) in [7, 11) is 0. The SMILES string of the molecule is CC(C)(C)OC(=O)N1CCC(c2cnc3cc(Br)cc(F)c3n2)CC1. The van der Waals surface area contributed by atoms with Crippen LogP contribution in [0.15, 0.2) is 22.8 Å². The van der Waals surface area contributed by atoms with Gasteiger partial charge in [0.15, 0.2) is 5.82 Å². The summed E-state index contributed by atoms with van der Waals surface area (Å²) in [5, 5.41) is 0. The Morgan fingerprint density at radius 1 is 1.32 bits per heavy atom. The van der Waals surface area contributed by atoms with E-state index in [4.69, 9.17) is 4.74 Å². The monoisotopic (exact) mass is 409 g/mol. The minimum atomic E-state index is -0.496. The van der Waals surface area contributed by atoms with Crippen molar-refractivity contribution >= 4 is 33.1 Å². The number of nitrogens with zero attached hydrogens (tertiary/aromatic N) is 3. The second-order valence-electron chi connectivity index (χ2n) is 7.29. The predicted octanol–water partition coefficient (Wildman–Crippen LogP) is 4.65. The van der Waals surface area contributed by atoms with E-state index in [1.807, 2.05) is 20.8 Å². The fraction of sp³-hybridized carbons (Fsp3) is 0.500. The second-order valence-corrected chi connectivity index (χ2v) is 8.21. The van der Waals surface area contributed by atoms with Gasteiger partial charge in [-0.3, -0.25) is 4.98 Å². The first kappa shape index (κ1) is 18.0. The Bertz CT molecular complexity index is 799. The molecule has 1 saturated heterocycles. The molecule has 1 fully saturated rings. The molecule has 0 atom stereocenters. The van der Waals surface area contributed by atoms with Crippen LogP contribution in [0.2, 0.25) is 0 Å². The summed E-state index contributed by atoms with van der Waals surface area (Å²) in [6.07, 6.45) is 2.95. The lowest BCUT2D eigenvalue weighted by atomic mass is 9.94. The van der Waals surface area contributed by atoms with Crippen molar-refractivity contribution < 1.29 is 13.9 Å². The number of piperidine rings is 1. The van der Waals surface area contributed by atoms with Crippen LogP contribution in [0.25, 0.3) is 11.0 Å². The molecular formula is C18H21BrFN3O2. The lowest BCUT2D eigenvalue weighted by molar-refractivity contribution is 0.0204. The number of aromatic nitrogens is 2. The molecule has 2 aromatic rings.